The highest BCUT2D eigenvalue weighted by atomic mass is 15.4. The molecular formula is C132H98N12. The topological polar surface area (TPSA) is 49.0 Å². The van der Waals surface area contributed by atoms with Crippen LogP contribution in [0, 0.1) is 27.7 Å². The van der Waals surface area contributed by atoms with Gasteiger partial charge in [-0.2, -0.15) is 0 Å². The number of hydrogen-bond donors (Lipinski definition) is 0. The molecule has 12 nitrogen and oxygen atoms in total. The number of benzene rings is 20. The lowest BCUT2D eigenvalue weighted by Gasteiger charge is -2.41. The van der Waals surface area contributed by atoms with Gasteiger partial charge >= 0.3 is 0 Å². The number of fused-ring (bicyclic) bond motifs is 8. The SMILES string of the molecule is Cc1c(N(c2cc(N(c3c(C)c4ccccc4n3-c3ccccc3)C3Cc4ccccc4N3c3ccccc3)c3ccc4c(N(c5c(C)c6ccccc6n5-c5ccccc5)C5Cc6ccccc6N5c5ccccc5)cc(N(c5cc6ccccc6n5-c5ccccc5)c5c(C)c6ccccc6n5-c5ccccc5)c5ccc2c3c54)c2cc3ccccc3n2-c2ccccc2)n(-c2ccccc2)c2ccccc12. The van der Waals surface area contributed by atoms with Gasteiger partial charge in [0.05, 0.1) is 55.8 Å². The average Bonchev–Trinajstić information content (AvgIpc) is 1.24. The van der Waals surface area contributed by atoms with E-state index in [0.717, 1.165) is 235 Å². The predicted molar refractivity (Wildman–Crippen MR) is 602 cm³/mol. The molecule has 0 saturated heterocycles. The van der Waals surface area contributed by atoms with Crippen molar-refractivity contribution in [1.82, 2.24) is 27.4 Å². The maximum absolute atomic E-state index is 2.81. The summed E-state index contributed by atoms with van der Waals surface area (Å²) in [6, 6.07) is 182. The minimum absolute atomic E-state index is 0.431. The van der Waals surface area contributed by atoms with Gasteiger partial charge in [0.2, 0.25) is 0 Å². The lowest BCUT2D eigenvalue weighted by atomic mass is 9.89. The highest BCUT2D eigenvalue weighted by molar-refractivity contribution is 6.33. The molecule has 6 aromatic heterocycles. The molecular weight excluding hydrogens is 1750 g/mol. The van der Waals surface area contributed by atoms with Gasteiger partial charge < -0.3 is 19.6 Å². The number of rotatable bonds is 20. The smallest absolute Gasteiger partial charge is 0.127 e. The van der Waals surface area contributed by atoms with Crippen LogP contribution in [0.5, 0.6) is 0 Å². The van der Waals surface area contributed by atoms with Crippen molar-refractivity contribution in [2.45, 2.75) is 52.9 Å². The number of para-hydroxylation sites is 16. The van der Waals surface area contributed by atoms with Gasteiger partial charge in [-0.1, -0.05) is 315 Å². The number of nitrogens with zero attached hydrogens (tertiary/aromatic N) is 12. The molecule has 20 aromatic carbocycles. The lowest BCUT2D eigenvalue weighted by Crippen LogP contribution is -2.43. The maximum atomic E-state index is 2.81. The molecule has 0 spiro atoms. The number of hydrogen-bond acceptors (Lipinski definition) is 6. The molecule has 2 atom stereocenters. The molecule has 12 heteroatoms. The number of aromatic nitrogens is 6. The molecule has 0 amide bonds. The fourth-order valence-electron chi connectivity index (χ4n) is 24.5. The third kappa shape index (κ3) is 12.9. The van der Waals surface area contributed by atoms with Crippen molar-refractivity contribution in [2.75, 3.05) is 29.4 Å². The first-order chi connectivity index (χ1) is 71.2. The van der Waals surface area contributed by atoms with E-state index < -0.39 is 12.3 Å². The van der Waals surface area contributed by atoms with Crippen molar-refractivity contribution < 1.29 is 0 Å². The summed E-state index contributed by atoms with van der Waals surface area (Å²) in [6.07, 6.45) is 0.423. The zero-order valence-electron chi connectivity index (χ0n) is 80.1. The van der Waals surface area contributed by atoms with Crippen LogP contribution in [-0.2, 0) is 12.8 Å². The molecule has 2 unspecified atom stereocenters. The molecule has 0 radical (unpaired) electrons. The van der Waals surface area contributed by atoms with Crippen LogP contribution < -0.4 is 29.4 Å². The normalized spacial score (nSPS) is 13.6. The van der Waals surface area contributed by atoms with Crippen LogP contribution >= 0.6 is 0 Å². The summed E-state index contributed by atoms with van der Waals surface area (Å²) < 4.78 is 15.3. The fraction of sp³-hybridized carbons (Fsp3) is 0.0606. The highest BCUT2D eigenvalue weighted by Crippen LogP contribution is 2.61. The van der Waals surface area contributed by atoms with Crippen LogP contribution in [0.3, 0.4) is 0 Å². The van der Waals surface area contributed by atoms with Gasteiger partial charge in [-0.15, -0.1) is 0 Å². The van der Waals surface area contributed by atoms with Gasteiger partial charge in [0.1, 0.15) is 47.2 Å². The Hall–Kier alpha value is -18.5. The largest absolute Gasteiger partial charge is 0.320 e. The van der Waals surface area contributed by atoms with Crippen LogP contribution in [0.15, 0.2) is 485 Å². The van der Waals surface area contributed by atoms with Gasteiger partial charge in [-0.05, 0) is 220 Å². The van der Waals surface area contributed by atoms with E-state index in [2.05, 4.69) is 570 Å². The van der Waals surface area contributed by atoms with E-state index in [1.54, 1.807) is 0 Å². The third-order valence-corrected chi connectivity index (χ3v) is 30.6. The third-order valence-electron chi connectivity index (χ3n) is 30.6. The van der Waals surface area contributed by atoms with Crippen molar-refractivity contribution in [1.29, 1.82) is 0 Å². The summed E-state index contributed by atoms with van der Waals surface area (Å²) in [5.74, 6) is 5.98. The Morgan fingerprint density at radius 1 is 0.194 bits per heavy atom. The highest BCUT2D eigenvalue weighted by Gasteiger charge is 2.45. The second kappa shape index (κ2) is 33.7. The summed E-state index contributed by atoms with van der Waals surface area (Å²) in [5.41, 5.74) is 28.1. The van der Waals surface area contributed by atoms with Crippen LogP contribution in [0.1, 0.15) is 33.4 Å². The Bertz CT molecular complexity index is 8940. The molecule has 0 bridgehead atoms. The predicted octanol–water partition coefficient (Wildman–Crippen LogP) is 34.1. The van der Waals surface area contributed by atoms with Crippen molar-refractivity contribution in [2.24, 2.45) is 0 Å². The van der Waals surface area contributed by atoms with Crippen molar-refractivity contribution in [3.05, 3.63) is 519 Å². The van der Waals surface area contributed by atoms with E-state index in [0.29, 0.717) is 12.8 Å². The summed E-state index contributed by atoms with van der Waals surface area (Å²) >= 11 is 0. The quantitative estimate of drug-likeness (QED) is 0.0709. The molecule has 26 aromatic rings. The van der Waals surface area contributed by atoms with Crippen molar-refractivity contribution in [3.8, 4) is 34.1 Å². The summed E-state index contributed by atoms with van der Waals surface area (Å²) in [6.45, 7) is 9.49. The Labute approximate surface area is 834 Å². The summed E-state index contributed by atoms with van der Waals surface area (Å²) in [5, 5.41) is 13.2. The van der Waals surface area contributed by atoms with E-state index in [1.807, 2.05) is 0 Å². The van der Waals surface area contributed by atoms with E-state index in [-0.39, 0.29) is 0 Å². The van der Waals surface area contributed by atoms with Crippen LogP contribution in [0.2, 0.25) is 0 Å². The van der Waals surface area contributed by atoms with Gasteiger partial charge in [-0.25, -0.2) is 0 Å². The maximum Gasteiger partial charge on any atom is 0.127 e. The number of anilines is 14. The molecule has 2 aliphatic rings. The molecule has 686 valence electrons. The molecule has 0 fully saturated rings. The van der Waals surface area contributed by atoms with E-state index >= 15 is 0 Å². The fourth-order valence-corrected chi connectivity index (χ4v) is 24.5. The first kappa shape index (κ1) is 83.6. The first-order valence-corrected chi connectivity index (χ1v) is 50.0. The van der Waals surface area contributed by atoms with E-state index in [4.69, 9.17) is 0 Å². The Balaban J connectivity index is 0.890. The van der Waals surface area contributed by atoms with Crippen LogP contribution in [-0.4, -0.2) is 39.7 Å². The zero-order valence-corrected chi connectivity index (χ0v) is 80.1. The summed E-state index contributed by atoms with van der Waals surface area (Å²) in [7, 11) is 0. The minimum atomic E-state index is -0.431. The van der Waals surface area contributed by atoms with Gasteiger partial charge in [0.15, 0.2) is 0 Å². The Morgan fingerprint density at radius 2 is 0.431 bits per heavy atom. The lowest BCUT2D eigenvalue weighted by molar-refractivity contribution is 0.683. The van der Waals surface area contributed by atoms with Gasteiger partial charge in [0.25, 0.3) is 0 Å². The molecule has 0 saturated carbocycles. The monoisotopic (exact) mass is 1850 g/mol. The molecule has 2 aliphatic heterocycles. The molecule has 144 heavy (non-hydrogen) atoms. The number of aryl methyl sites for hydroxylation is 4. The first-order valence-electron chi connectivity index (χ1n) is 50.0. The Kier molecular flexibility index (Phi) is 19.5. The average molecular weight is 1850 g/mol. The molecule has 0 aliphatic carbocycles. The second-order valence-corrected chi connectivity index (χ2v) is 38.4. The zero-order chi connectivity index (χ0) is 95.5. The Morgan fingerprint density at radius 3 is 0.743 bits per heavy atom. The van der Waals surface area contributed by atoms with Crippen molar-refractivity contribution >= 4 is 178 Å². The minimum Gasteiger partial charge on any atom is -0.320 e. The van der Waals surface area contributed by atoms with Crippen LogP contribution in [0.4, 0.5) is 80.4 Å². The van der Waals surface area contributed by atoms with E-state index in [9.17, 15) is 0 Å². The molecule has 0 N–H and O–H groups in total. The molecule has 8 heterocycles. The molecule has 28 rings (SSSR count). The van der Waals surface area contributed by atoms with Crippen molar-refractivity contribution in [3.63, 3.8) is 0 Å². The van der Waals surface area contributed by atoms with Gasteiger partial charge in [-0.3, -0.25) is 37.2 Å². The summed E-state index contributed by atoms with van der Waals surface area (Å²) in [4.78, 5) is 16.3. The van der Waals surface area contributed by atoms with E-state index in [1.165, 1.54) is 11.1 Å². The van der Waals surface area contributed by atoms with Crippen LogP contribution in [0.25, 0.3) is 132 Å². The standard InChI is InChI=1S/C132H98N12/c1-87-103-65-33-41-73-115(103)137(99-57-21-9-22-58-99)129(87)141(123-81-91-45-29-37-69-111(91)133(123)95-49-13-5-14-50-95)119-85-120(142(124-82-92-46-30-38-70-112(92)134(124)96-51-15-6-16-52-96)130-88(2)104-66-34-42-74-116(104)138(130)100-59-23-10-24-60-100)108-79-80-110-122(144(126-84-94-48-32-40-72-114(94)136(126)98-55-19-8-20-56-98)132-90(4)106-68-36-44-76-118(106)140(132)102-63-27-12-28-64-102)86-121(109-78-77-107(119)127(108)128(109)110)143(125-83-93-47-31-39-71-113(93)135(125)97-53-17-7-18-54-97)131-89(3)105-67-35-43-75-117(105)139(131)101-61-25-11-26-62-101/h5-81,83,85-86,124,126H,82,84H2,1-4H3. The second-order valence-electron chi connectivity index (χ2n) is 38.4. The van der Waals surface area contributed by atoms with Gasteiger partial charge in [0, 0.05) is 145 Å².